The van der Waals surface area contributed by atoms with Crippen molar-refractivity contribution in [2.45, 2.75) is 18.9 Å². The van der Waals surface area contributed by atoms with Crippen molar-refractivity contribution in [3.8, 4) is 11.6 Å². The summed E-state index contributed by atoms with van der Waals surface area (Å²) in [5.74, 6) is -1.12. The molecule has 0 bridgehead atoms. The van der Waals surface area contributed by atoms with E-state index in [-0.39, 0.29) is 12.0 Å². The highest BCUT2D eigenvalue weighted by atomic mass is 19.2. The number of methoxy groups -OCH3 is 1. The van der Waals surface area contributed by atoms with Gasteiger partial charge in [0.25, 0.3) is 0 Å². The average Bonchev–Trinajstić information content (AvgIpc) is 3.54. The van der Waals surface area contributed by atoms with Crippen molar-refractivity contribution in [3.05, 3.63) is 71.3 Å². The topological polar surface area (TPSA) is 93.1 Å². The molecule has 10 nitrogen and oxygen atoms in total. The number of anilines is 1. The number of aromatic nitrogens is 2. The molecule has 226 valence electrons. The lowest BCUT2D eigenvalue weighted by Gasteiger charge is -2.26. The summed E-state index contributed by atoms with van der Waals surface area (Å²) >= 11 is 0. The molecule has 5 rings (SSSR count). The van der Waals surface area contributed by atoms with Crippen LogP contribution in [0.4, 0.5) is 19.4 Å². The van der Waals surface area contributed by atoms with Crippen molar-refractivity contribution in [3.63, 3.8) is 0 Å². The smallest absolute Gasteiger partial charge is 0.320 e. The Morgan fingerprint density at radius 3 is 2.52 bits per heavy atom. The van der Waals surface area contributed by atoms with Gasteiger partial charge in [0, 0.05) is 52.3 Å². The zero-order valence-electron chi connectivity index (χ0n) is 24.0. The number of ether oxygens (including phenoxy) is 3. The summed E-state index contributed by atoms with van der Waals surface area (Å²) in [4.78, 5) is 17.9. The lowest BCUT2D eigenvalue weighted by Crippen LogP contribution is -2.42. The minimum absolute atomic E-state index is 0.234. The third-order valence-corrected chi connectivity index (χ3v) is 7.76. The van der Waals surface area contributed by atoms with Gasteiger partial charge >= 0.3 is 6.03 Å². The number of carbonyl (C=O) groups excluding carboxylic acids is 1. The Hall–Kier alpha value is -3.58. The fourth-order valence-electron chi connectivity index (χ4n) is 5.44. The van der Waals surface area contributed by atoms with E-state index < -0.39 is 17.7 Å². The lowest BCUT2D eigenvalue weighted by atomic mass is 9.94. The monoisotopic (exact) mass is 584 g/mol. The Morgan fingerprint density at radius 2 is 1.79 bits per heavy atom. The zero-order valence-corrected chi connectivity index (χ0v) is 24.0. The van der Waals surface area contributed by atoms with Gasteiger partial charge in [-0.1, -0.05) is 24.3 Å². The molecular weight excluding hydrogens is 546 g/mol. The Balaban J connectivity index is 1.32. The van der Waals surface area contributed by atoms with Gasteiger partial charge in [0.15, 0.2) is 11.6 Å². The van der Waals surface area contributed by atoms with E-state index in [1.165, 1.54) is 6.07 Å². The Morgan fingerprint density at radius 1 is 1.02 bits per heavy atom. The summed E-state index contributed by atoms with van der Waals surface area (Å²) in [6, 6.07) is 12.6. The van der Waals surface area contributed by atoms with Crippen LogP contribution in [0.25, 0.3) is 5.69 Å². The highest BCUT2D eigenvalue weighted by molar-refractivity contribution is 5.90. The summed E-state index contributed by atoms with van der Waals surface area (Å²) in [5, 5.41) is 10.7. The molecule has 2 amide bonds. The predicted octanol–water partition coefficient (Wildman–Crippen LogP) is 3.41. The summed E-state index contributed by atoms with van der Waals surface area (Å²) in [7, 11) is 1.63. The third kappa shape index (κ3) is 7.24. The maximum atomic E-state index is 14.1. The zero-order chi connectivity index (χ0) is 29.5. The molecule has 2 saturated heterocycles. The van der Waals surface area contributed by atoms with E-state index in [4.69, 9.17) is 14.2 Å². The molecular formula is C30H38F2N6O4. The highest BCUT2D eigenvalue weighted by Gasteiger charge is 2.35. The quantitative estimate of drug-likeness (QED) is 0.357. The van der Waals surface area contributed by atoms with Crippen LogP contribution in [0.15, 0.2) is 48.5 Å². The molecule has 0 spiro atoms. The van der Waals surface area contributed by atoms with Gasteiger partial charge in [-0.05, 0) is 36.8 Å². The molecule has 2 N–H and O–H groups in total. The van der Waals surface area contributed by atoms with Crippen LogP contribution in [-0.2, 0) is 9.47 Å². The van der Waals surface area contributed by atoms with Crippen molar-refractivity contribution in [2.75, 3.05) is 78.1 Å². The van der Waals surface area contributed by atoms with Crippen molar-refractivity contribution in [1.82, 2.24) is 24.9 Å². The molecule has 2 aliphatic rings. The number of carbonyl (C=O) groups is 1. The van der Waals surface area contributed by atoms with Crippen LogP contribution in [0.3, 0.4) is 0 Å². The van der Waals surface area contributed by atoms with Crippen molar-refractivity contribution in [1.29, 1.82) is 0 Å². The van der Waals surface area contributed by atoms with Crippen molar-refractivity contribution >= 4 is 11.8 Å². The number of nitrogens with one attached hydrogen (secondary N) is 2. The number of morpholine rings is 1. The first-order chi connectivity index (χ1) is 20.4. The largest absolute Gasteiger partial charge is 0.475 e. The lowest BCUT2D eigenvalue weighted by molar-refractivity contribution is 0.0319. The summed E-state index contributed by atoms with van der Waals surface area (Å²) < 4.78 is 46.2. The number of hydrogen-bond donors (Lipinski definition) is 2. The fourth-order valence-corrected chi connectivity index (χ4v) is 5.44. The molecule has 1 aromatic heterocycles. The number of para-hydroxylation sites is 1. The molecule has 2 unspecified atom stereocenters. The fraction of sp³-hybridized carbons (Fsp3) is 0.467. The number of halogens is 2. The number of urea groups is 1. The minimum atomic E-state index is -0.908. The molecule has 0 aliphatic carbocycles. The maximum Gasteiger partial charge on any atom is 0.320 e. The molecule has 2 aromatic carbocycles. The van der Waals surface area contributed by atoms with E-state index in [9.17, 15) is 13.6 Å². The first-order valence-electron chi connectivity index (χ1n) is 14.2. The molecule has 42 heavy (non-hydrogen) atoms. The molecule has 3 aromatic rings. The molecule has 2 atom stereocenters. The van der Waals surface area contributed by atoms with E-state index in [2.05, 4.69) is 25.5 Å². The number of benzene rings is 2. The van der Waals surface area contributed by atoms with Crippen LogP contribution < -0.4 is 15.4 Å². The van der Waals surface area contributed by atoms with E-state index >= 15 is 0 Å². The van der Waals surface area contributed by atoms with Crippen LogP contribution in [0.5, 0.6) is 5.88 Å². The van der Waals surface area contributed by atoms with Crippen LogP contribution >= 0.6 is 0 Å². The second kappa shape index (κ2) is 14.1. The van der Waals surface area contributed by atoms with Gasteiger partial charge in [-0.2, -0.15) is 0 Å². The highest BCUT2D eigenvalue weighted by Crippen LogP contribution is 2.31. The molecule has 0 radical (unpaired) electrons. The van der Waals surface area contributed by atoms with Crippen LogP contribution in [0.1, 0.15) is 17.0 Å². The first kappa shape index (κ1) is 29.9. The molecule has 3 heterocycles. The number of likely N-dealkylation sites (tertiary alicyclic amines) is 1. The van der Waals surface area contributed by atoms with Gasteiger partial charge in [-0.25, -0.2) is 18.3 Å². The van der Waals surface area contributed by atoms with Gasteiger partial charge in [-0.3, -0.25) is 15.1 Å². The summed E-state index contributed by atoms with van der Waals surface area (Å²) in [6.45, 7) is 8.50. The first-order valence-corrected chi connectivity index (χ1v) is 14.2. The normalized spacial score (nSPS) is 19.6. The van der Waals surface area contributed by atoms with Crippen LogP contribution in [0, 0.1) is 18.6 Å². The second-order valence-electron chi connectivity index (χ2n) is 10.6. The van der Waals surface area contributed by atoms with E-state index in [1.807, 2.05) is 37.3 Å². The molecule has 2 fully saturated rings. The standard InChI is InChI=1S/C30H38F2N6O4/c1-21-28(38(23-6-4-3-5-7-23)35-29(21)42-17-13-36-11-15-41-16-12-36)34-30(39)33-27-20-37(10-14-40-2)19-24(27)22-8-9-25(31)26(32)18-22/h3-9,18,24,27H,10-17,19-20H2,1-2H3,(H2,33,34,39). The predicted molar refractivity (Wildman–Crippen MR) is 154 cm³/mol. The number of amides is 2. The van der Waals surface area contributed by atoms with E-state index in [0.717, 1.165) is 31.4 Å². The van der Waals surface area contributed by atoms with Crippen molar-refractivity contribution in [2.24, 2.45) is 0 Å². The number of nitrogens with zero attached hydrogens (tertiary/aromatic N) is 4. The SMILES string of the molecule is COCCN1CC(NC(=O)Nc2c(C)c(OCCN3CCOCC3)nn2-c2ccccc2)C(c2ccc(F)c(F)c2)C1. The molecule has 2 aliphatic heterocycles. The van der Waals surface area contributed by atoms with Crippen LogP contribution in [-0.4, -0.2) is 104 Å². The van der Waals surface area contributed by atoms with Gasteiger partial charge in [0.05, 0.1) is 37.1 Å². The minimum Gasteiger partial charge on any atom is -0.475 e. The third-order valence-electron chi connectivity index (χ3n) is 7.76. The number of hydrogen-bond acceptors (Lipinski definition) is 7. The Labute approximate surface area is 244 Å². The van der Waals surface area contributed by atoms with Crippen LogP contribution in [0.2, 0.25) is 0 Å². The molecule has 12 heteroatoms. The number of rotatable bonds is 11. The molecule has 0 saturated carbocycles. The second-order valence-corrected chi connectivity index (χ2v) is 10.6. The van der Waals surface area contributed by atoms with Gasteiger partial charge in [0.1, 0.15) is 12.4 Å². The van der Waals surface area contributed by atoms with Gasteiger partial charge < -0.3 is 19.5 Å². The van der Waals surface area contributed by atoms with E-state index in [0.29, 0.717) is 68.9 Å². The maximum absolute atomic E-state index is 14.1. The van der Waals surface area contributed by atoms with Gasteiger partial charge in [-0.15, -0.1) is 5.10 Å². The Kier molecular flexibility index (Phi) is 10.0. The average molecular weight is 585 g/mol. The van der Waals surface area contributed by atoms with Gasteiger partial charge in [0.2, 0.25) is 5.88 Å². The summed E-state index contributed by atoms with van der Waals surface area (Å²) in [6.07, 6.45) is 0. The van der Waals surface area contributed by atoms with E-state index in [1.54, 1.807) is 17.9 Å². The Bertz CT molecular complexity index is 1330. The summed E-state index contributed by atoms with van der Waals surface area (Å²) in [5.41, 5.74) is 2.09. The van der Waals surface area contributed by atoms with Crippen molar-refractivity contribution < 1.29 is 27.8 Å².